The van der Waals surface area contributed by atoms with Crippen LogP contribution in [0.5, 0.6) is 5.75 Å². The first kappa shape index (κ1) is 20.0. The third-order valence-electron chi connectivity index (χ3n) is 3.87. The number of nitrogens with zero attached hydrogens (tertiary/aromatic N) is 1. The molecule has 140 valence electrons. The molecule has 0 spiro atoms. The Bertz CT molecular complexity index is 737. The minimum atomic E-state index is -0.531. The van der Waals surface area contributed by atoms with Crippen LogP contribution in [-0.2, 0) is 20.9 Å². The van der Waals surface area contributed by atoms with Crippen LogP contribution in [0.4, 0.5) is 0 Å². The Labute approximate surface area is 158 Å². The lowest BCUT2D eigenvalue weighted by Crippen LogP contribution is -2.37. The van der Waals surface area contributed by atoms with Crippen molar-refractivity contribution in [2.24, 2.45) is 5.41 Å². The lowest BCUT2D eigenvalue weighted by atomic mass is 9.91. The molecule has 0 atom stereocenters. The molecular weight excluding hydrogens is 352 g/mol. The molecule has 26 heavy (non-hydrogen) atoms. The minimum Gasteiger partial charge on any atom is -0.496 e. The van der Waals surface area contributed by atoms with Gasteiger partial charge in [0.25, 0.3) is 0 Å². The van der Waals surface area contributed by atoms with E-state index in [1.165, 1.54) is 22.7 Å². The topological polar surface area (TPSA) is 75.7 Å². The van der Waals surface area contributed by atoms with Crippen LogP contribution in [-0.4, -0.2) is 41.9 Å². The second-order valence-electron chi connectivity index (χ2n) is 6.95. The van der Waals surface area contributed by atoms with Gasteiger partial charge in [-0.1, -0.05) is 50.7 Å². The van der Waals surface area contributed by atoms with Gasteiger partial charge in [-0.25, -0.2) is 0 Å². The second-order valence-corrected chi connectivity index (χ2v) is 7.95. The van der Waals surface area contributed by atoms with Crippen LogP contribution in [0.1, 0.15) is 26.3 Å². The van der Waals surface area contributed by atoms with Crippen molar-refractivity contribution in [3.05, 3.63) is 40.9 Å². The molecule has 1 fully saturated rings. The average molecular weight is 376 g/mol. The number of benzene rings is 1. The van der Waals surface area contributed by atoms with Crippen LogP contribution in [0, 0.1) is 5.41 Å². The Balaban J connectivity index is 2.01. The van der Waals surface area contributed by atoms with Gasteiger partial charge in [-0.05, 0) is 6.07 Å². The minimum absolute atomic E-state index is 0.0749. The predicted molar refractivity (Wildman–Crippen MR) is 102 cm³/mol. The monoisotopic (exact) mass is 376 g/mol. The highest BCUT2D eigenvalue weighted by atomic mass is 32.2. The third kappa shape index (κ3) is 5.11. The maximum Gasteiger partial charge on any atom is 0.240 e. The van der Waals surface area contributed by atoms with E-state index in [1.807, 2.05) is 45.0 Å². The Morgan fingerprint density at radius 3 is 2.65 bits per heavy atom. The molecule has 1 aliphatic heterocycles. The summed E-state index contributed by atoms with van der Waals surface area (Å²) in [4.78, 5) is 37.9. The van der Waals surface area contributed by atoms with E-state index in [4.69, 9.17) is 4.74 Å². The van der Waals surface area contributed by atoms with Gasteiger partial charge in [0, 0.05) is 23.6 Å². The molecule has 0 unspecified atom stereocenters. The van der Waals surface area contributed by atoms with Gasteiger partial charge in [-0.2, -0.15) is 0 Å². The zero-order chi connectivity index (χ0) is 19.3. The number of nitrogens with one attached hydrogen (secondary N) is 1. The van der Waals surface area contributed by atoms with Crippen molar-refractivity contribution in [1.82, 2.24) is 10.2 Å². The van der Waals surface area contributed by atoms with E-state index in [9.17, 15) is 14.4 Å². The first-order valence-corrected chi connectivity index (χ1v) is 9.29. The van der Waals surface area contributed by atoms with Gasteiger partial charge in [0.05, 0.1) is 17.9 Å². The van der Waals surface area contributed by atoms with Gasteiger partial charge >= 0.3 is 0 Å². The molecule has 0 bridgehead atoms. The van der Waals surface area contributed by atoms with Crippen molar-refractivity contribution in [2.75, 3.05) is 19.4 Å². The molecule has 1 aliphatic rings. The number of methoxy groups -OCH3 is 1. The Morgan fingerprint density at radius 1 is 1.31 bits per heavy atom. The summed E-state index contributed by atoms with van der Waals surface area (Å²) in [5.74, 6) is 0.394. The molecule has 1 aromatic rings. The number of carbonyl (C=O) groups is 3. The largest absolute Gasteiger partial charge is 0.496 e. The number of hydrogen-bond donors (Lipinski definition) is 1. The molecule has 1 aromatic carbocycles. The van der Waals surface area contributed by atoms with Gasteiger partial charge in [-0.3, -0.25) is 19.3 Å². The van der Waals surface area contributed by atoms with Crippen LogP contribution >= 0.6 is 11.8 Å². The molecule has 2 amide bonds. The molecule has 1 saturated heterocycles. The van der Waals surface area contributed by atoms with Crippen LogP contribution in [0.2, 0.25) is 0 Å². The first-order chi connectivity index (χ1) is 12.2. The number of ether oxygens (including phenoxy) is 1. The summed E-state index contributed by atoms with van der Waals surface area (Å²) in [5, 5.41) is 3.32. The van der Waals surface area contributed by atoms with Crippen LogP contribution in [0.15, 0.2) is 35.4 Å². The zero-order valence-corrected chi connectivity index (χ0v) is 16.3. The SMILES string of the molecule is COc1ccccc1CNC(=O)CN1C(=O)CS/C1=C\C(=O)C(C)(C)C. The highest BCUT2D eigenvalue weighted by molar-refractivity contribution is 8.04. The maximum atomic E-state index is 12.3. The Morgan fingerprint density at radius 2 is 2.00 bits per heavy atom. The highest BCUT2D eigenvalue weighted by Crippen LogP contribution is 2.30. The number of rotatable bonds is 6. The smallest absolute Gasteiger partial charge is 0.240 e. The number of allylic oxidation sites excluding steroid dienone is 1. The molecule has 2 rings (SSSR count). The van der Waals surface area contributed by atoms with E-state index >= 15 is 0 Å². The van der Waals surface area contributed by atoms with Crippen molar-refractivity contribution in [2.45, 2.75) is 27.3 Å². The van der Waals surface area contributed by atoms with Gasteiger partial charge < -0.3 is 10.1 Å². The Hall–Kier alpha value is -2.28. The summed E-state index contributed by atoms with van der Waals surface area (Å²) in [5.41, 5.74) is 0.320. The average Bonchev–Trinajstić information content (AvgIpc) is 2.92. The summed E-state index contributed by atoms with van der Waals surface area (Å²) in [6, 6.07) is 7.40. The zero-order valence-electron chi connectivity index (χ0n) is 15.5. The summed E-state index contributed by atoms with van der Waals surface area (Å²) >= 11 is 1.28. The molecule has 6 nitrogen and oxygen atoms in total. The molecule has 7 heteroatoms. The van der Waals surface area contributed by atoms with E-state index in [0.29, 0.717) is 17.3 Å². The van der Waals surface area contributed by atoms with E-state index < -0.39 is 5.41 Å². The van der Waals surface area contributed by atoms with Crippen molar-refractivity contribution >= 4 is 29.4 Å². The summed E-state index contributed by atoms with van der Waals surface area (Å²) in [6.07, 6.45) is 1.46. The molecule has 0 aliphatic carbocycles. The van der Waals surface area contributed by atoms with Gasteiger partial charge in [0.1, 0.15) is 12.3 Å². The van der Waals surface area contributed by atoms with Crippen molar-refractivity contribution in [3.8, 4) is 5.75 Å². The van der Waals surface area contributed by atoms with E-state index in [2.05, 4.69) is 5.32 Å². The summed E-state index contributed by atoms with van der Waals surface area (Å²) in [6.45, 7) is 5.65. The van der Waals surface area contributed by atoms with E-state index in [1.54, 1.807) is 7.11 Å². The fourth-order valence-corrected chi connectivity index (χ4v) is 3.21. The van der Waals surface area contributed by atoms with Crippen molar-refractivity contribution < 1.29 is 19.1 Å². The fraction of sp³-hybridized carbons (Fsp3) is 0.421. The number of carbonyl (C=O) groups excluding carboxylic acids is 3. The van der Waals surface area contributed by atoms with E-state index in [-0.39, 0.29) is 29.9 Å². The quantitative estimate of drug-likeness (QED) is 0.772. The number of amides is 2. The third-order valence-corrected chi connectivity index (χ3v) is 4.90. The number of para-hydroxylation sites is 1. The molecule has 0 aromatic heterocycles. The maximum absolute atomic E-state index is 12.3. The lowest BCUT2D eigenvalue weighted by molar-refractivity contribution is -0.131. The molecule has 1 N–H and O–H groups in total. The first-order valence-electron chi connectivity index (χ1n) is 8.30. The summed E-state index contributed by atoms with van der Waals surface area (Å²) < 4.78 is 5.25. The molecule has 0 radical (unpaired) electrons. The normalized spacial score (nSPS) is 16.1. The molecule has 0 saturated carbocycles. The number of thioether (sulfide) groups is 1. The fourth-order valence-electron chi connectivity index (χ4n) is 2.27. The van der Waals surface area contributed by atoms with Crippen LogP contribution in [0.3, 0.4) is 0 Å². The molecule has 1 heterocycles. The highest BCUT2D eigenvalue weighted by Gasteiger charge is 2.30. The lowest BCUT2D eigenvalue weighted by Gasteiger charge is -2.19. The van der Waals surface area contributed by atoms with Crippen LogP contribution in [0.25, 0.3) is 0 Å². The summed E-state index contributed by atoms with van der Waals surface area (Å²) in [7, 11) is 1.57. The van der Waals surface area contributed by atoms with Gasteiger partial charge in [0.15, 0.2) is 5.78 Å². The van der Waals surface area contributed by atoms with E-state index in [0.717, 1.165) is 5.56 Å². The Kier molecular flexibility index (Phi) is 6.47. The predicted octanol–water partition coefficient (Wildman–Crippen LogP) is 2.34. The second kappa shape index (κ2) is 8.40. The molecular formula is C19H24N2O4S. The standard InChI is InChI=1S/C19H24N2O4S/c1-19(2,3)15(22)9-18-21(17(24)12-26-18)11-16(23)20-10-13-7-5-6-8-14(13)25-4/h5-9H,10-12H2,1-4H3,(H,20,23)/b18-9-. The number of hydrogen-bond acceptors (Lipinski definition) is 5. The van der Waals surface area contributed by atoms with Crippen molar-refractivity contribution in [3.63, 3.8) is 0 Å². The van der Waals surface area contributed by atoms with Gasteiger partial charge in [0.2, 0.25) is 11.8 Å². The van der Waals surface area contributed by atoms with Crippen molar-refractivity contribution in [1.29, 1.82) is 0 Å². The van der Waals surface area contributed by atoms with Gasteiger partial charge in [-0.15, -0.1) is 0 Å². The van der Waals surface area contributed by atoms with Crippen LogP contribution < -0.4 is 10.1 Å². The number of ketones is 1.